The quantitative estimate of drug-likeness (QED) is 0.181. The zero-order chi connectivity index (χ0) is 23.2. The van der Waals surface area contributed by atoms with Crippen LogP contribution >= 0.6 is 0 Å². The SMILES string of the molecule is CCOC(=O)C(C(=O)OCC)=C1[C@@H](OCc2ccccc2)[C@H](OCc2ccccc2)[C@@H]2CN12. The van der Waals surface area contributed by atoms with Gasteiger partial charge < -0.3 is 23.8 Å². The van der Waals surface area contributed by atoms with Gasteiger partial charge in [0, 0.05) is 6.54 Å². The van der Waals surface area contributed by atoms with E-state index in [0.717, 1.165) is 11.1 Å². The Balaban J connectivity index is 1.64. The Morgan fingerprint density at radius 1 is 0.818 bits per heavy atom. The topological polar surface area (TPSA) is 74.1 Å². The lowest BCUT2D eigenvalue weighted by molar-refractivity contribution is -0.147. The first-order chi connectivity index (χ1) is 16.1. The van der Waals surface area contributed by atoms with Crippen molar-refractivity contribution in [2.75, 3.05) is 19.8 Å². The van der Waals surface area contributed by atoms with Crippen LogP contribution in [0.25, 0.3) is 0 Å². The van der Waals surface area contributed by atoms with Crippen LogP contribution in [0.2, 0.25) is 0 Å². The first-order valence-corrected chi connectivity index (χ1v) is 11.3. The largest absolute Gasteiger partial charge is 0.462 e. The first-order valence-electron chi connectivity index (χ1n) is 11.3. The van der Waals surface area contributed by atoms with E-state index >= 15 is 0 Å². The molecule has 0 aliphatic carbocycles. The number of piperidine rings is 1. The molecule has 2 aliphatic heterocycles. The summed E-state index contributed by atoms with van der Waals surface area (Å²) < 4.78 is 23.0. The number of carbonyl (C=O) groups excluding carboxylic acids is 2. The lowest BCUT2D eigenvalue weighted by Crippen LogP contribution is -2.35. The van der Waals surface area contributed by atoms with Gasteiger partial charge in [0.05, 0.1) is 38.2 Å². The van der Waals surface area contributed by atoms with Gasteiger partial charge in [-0.05, 0) is 25.0 Å². The molecule has 2 aromatic rings. The molecule has 174 valence electrons. The highest BCUT2D eigenvalue weighted by Crippen LogP contribution is 2.45. The van der Waals surface area contributed by atoms with E-state index in [4.69, 9.17) is 18.9 Å². The van der Waals surface area contributed by atoms with Crippen LogP contribution in [-0.4, -0.2) is 54.8 Å². The lowest BCUT2D eigenvalue weighted by Gasteiger charge is -2.25. The van der Waals surface area contributed by atoms with Crippen molar-refractivity contribution < 1.29 is 28.5 Å². The molecular weight excluding hydrogens is 422 g/mol. The monoisotopic (exact) mass is 451 g/mol. The average Bonchev–Trinajstić information content (AvgIpc) is 3.56. The van der Waals surface area contributed by atoms with Crippen LogP contribution in [0.15, 0.2) is 71.9 Å². The molecule has 0 aromatic heterocycles. The molecule has 0 spiro atoms. The van der Waals surface area contributed by atoms with Gasteiger partial charge in [0.1, 0.15) is 12.2 Å². The smallest absolute Gasteiger partial charge is 0.347 e. The molecule has 3 atom stereocenters. The molecule has 2 aliphatic rings. The van der Waals surface area contributed by atoms with Crippen molar-refractivity contribution in [1.29, 1.82) is 0 Å². The molecule has 2 fully saturated rings. The normalized spacial score (nSPS) is 20.8. The van der Waals surface area contributed by atoms with Gasteiger partial charge in [-0.1, -0.05) is 60.7 Å². The Bertz CT molecular complexity index is 970. The van der Waals surface area contributed by atoms with E-state index in [-0.39, 0.29) is 30.9 Å². The number of hydrogen-bond acceptors (Lipinski definition) is 7. The molecule has 7 heteroatoms. The number of nitrogens with zero attached hydrogens (tertiary/aromatic N) is 1. The van der Waals surface area contributed by atoms with E-state index in [1.165, 1.54) is 0 Å². The summed E-state index contributed by atoms with van der Waals surface area (Å²) in [7, 11) is 0. The average molecular weight is 452 g/mol. The van der Waals surface area contributed by atoms with Gasteiger partial charge in [-0.2, -0.15) is 0 Å². The summed E-state index contributed by atoms with van der Waals surface area (Å²) in [4.78, 5) is 27.6. The number of rotatable bonds is 10. The summed E-state index contributed by atoms with van der Waals surface area (Å²) in [6.45, 7) is 5.12. The van der Waals surface area contributed by atoms with Crippen molar-refractivity contribution in [2.45, 2.75) is 45.3 Å². The molecular formula is C26H29NO6. The fraction of sp³-hybridized carbons (Fsp3) is 0.385. The molecule has 0 unspecified atom stereocenters. The minimum Gasteiger partial charge on any atom is -0.462 e. The van der Waals surface area contributed by atoms with Gasteiger partial charge in [0.25, 0.3) is 0 Å². The molecule has 0 radical (unpaired) electrons. The summed E-state index contributed by atoms with van der Waals surface area (Å²) in [6, 6.07) is 19.7. The molecule has 0 amide bonds. The highest BCUT2D eigenvalue weighted by molar-refractivity contribution is 6.15. The summed E-state index contributed by atoms with van der Waals surface area (Å²) in [5.41, 5.74) is 2.42. The van der Waals surface area contributed by atoms with Crippen LogP contribution in [0.3, 0.4) is 0 Å². The van der Waals surface area contributed by atoms with E-state index in [1.807, 2.05) is 65.6 Å². The minimum absolute atomic E-state index is 0.0309. The number of benzene rings is 2. The van der Waals surface area contributed by atoms with E-state index in [9.17, 15) is 9.59 Å². The predicted octanol–water partition coefficient (Wildman–Crippen LogP) is 3.24. The van der Waals surface area contributed by atoms with Crippen LogP contribution in [-0.2, 0) is 41.8 Å². The van der Waals surface area contributed by atoms with Gasteiger partial charge in [-0.3, -0.25) is 0 Å². The van der Waals surface area contributed by atoms with Gasteiger partial charge in [0.2, 0.25) is 0 Å². The highest BCUT2D eigenvalue weighted by Gasteiger charge is 2.59. The van der Waals surface area contributed by atoms with Crippen LogP contribution in [0.5, 0.6) is 0 Å². The zero-order valence-electron chi connectivity index (χ0n) is 18.9. The molecule has 4 rings (SSSR count). The van der Waals surface area contributed by atoms with Crippen molar-refractivity contribution in [3.05, 3.63) is 83.1 Å². The molecule has 2 heterocycles. The summed E-state index contributed by atoms with van der Waals surface area (Å²) in [5, 5.41) is 0. The maximum absolute atomic E-state index is 12.8. The summed E-state index contributed by atoms with van der Waals surface area (Å²) >= 11 is 0. The number of carbonyl (C=O) groups is 2. The van der Waals surface area contributed by atoms with E-state index in [0.29, 0.717) is 25.5 Å². The fourth-order valence-corrected chi connectivity index (χ4v) is 4.12. The van der Waals surface area contributed by atoms with E-state index in [1.54, 1.807) is 13.8 Å². The van der Waals surface area contributed by atoms with Gasteiger partial charge in [0.15, 0.2) is 5.57 Å². The highest BCUT2D eigenvalue weighted by atomic mass is 16.6. The molecule has 2 saturated heterocycles. The molecule has 33 heavy (non-hydrogen) atoms. The maximum atomic E-state index is 12.8. The summed E-state index contributed by atoms with van der Waals surface area (Å²) in [6.07, 6.45) is -0.931. The third kappa shape index (κ3) is 5.26. The Hall–Kier alpha value is -3.16. The van der Waals surface area contributed by atoms with Crippen LogP contribution in [0.4, 0.5) is 0 Å². The minimum atomic E-state index is -0.700. The molecule has 0 saturated carbocycles. The second-order valence-electron chi connectivity index (χ2n) is 7.90. The van der Waals surface area contributed by atoms with Crippen molar-refractivity contribution in [3.63, 3.8) is 0 Å². The van der Waals surface area contributed by atoms with Crippen molar-refractivity contribution >= 4 is 11.9 Å². The fourth-order valence-electron chi connectivity index (χ4n) is 4.12. The van der Waals surface area contributed by atoms with E-state index in [2.05, 4.69) is 0 Å². The third-order valence-electron chi connectivity index (χ3n) is 5.68. The Morgan fingerprint density at radius 2 is 1.33 bits per heavy atom. The second-order valence-corrected chi connectivity index (χ2v) is 7.90. The second kappa shape index (κ2) is 10.6. The predicted molar refractivity (Wildman–Crippen MR) is 121 cm³/mol. The van der Waals surface area contributed by atoms with Crippen LogP contribution in [0.1, 0.15) is 25.0 Å². The Labute approximate surface area is 193 Å². The zero-order valence-corrected chi connectivity index (χ0v) is 18.9. The standard InChI is InChI=1S/C26H29NO6/c1-3-30-25(28)21(26(29)31-4-2)22-24(33-17-19-13-9-6-10-14-19)23(20-15-27(20)22)32-16-18-11-7-5-8-12-18/h5-14,20,23-24H,3-4,15-17H2,1-2H3/t20-,23+,24+,27?/m0/s1. The van der Waals surface area contributed by atoms with Crippen molar-refractivity contribution in [3.8, 4) is 0 Å². The van der Waals surface area contributed by atoms with E-state index < -0.39 is 18.0 Å². The Morgan fingerprint density at radius 3 is 1.85 bits per heavy atom. The first kappa shape index (κ1) is 23.0. The number of fused-ring (bicyclic) bond motifs is 1. The van der Waals surface area contributed by atoms with Crippen LogP contribution in [0, 0.1) is 0 Å². The van der Waals surface area contributed by atoms with Gasteiger partial charge >= 0.3 is 11.9 Å². The molecule has 0 N–H and O–H groups in total. The lowest BCUT2D eigenvalue weighted by atomic mass is 10.0. The summed E-state index contributed by atoms with van der Waals surface area (Å²) in [5.74, 6) is -1.40. The van der Waals surface area contributed by atoms with Crippen molar-refractivity contribution in [1.82, 2.24) is 4.90 Å². The van der Waals surface area contributed by atoms with Crippen molar-refractivity contribution in [2.24, 2.45) is 0 Å². The third-order valence-corrected chi connectivity index (χ3v) is 5.68. The van der Waals surface area contributed by atoms with Crippen LogP contribution < -0.4 is 0 Å². The van der Waals surface area contributed by atoms with Gasteiger partial charge in [-0.15, -0.1) is 0 Å². The molecule has 0 bridgehead atoms. The maximum Gasteiger partial charge on any atom is 0.347 e. The number of esters is 2. The van der Waals surface area contributed by atoms with Gasteiger partial charge in [-0.25, -0.2) is 9.59 Å². The molecule has 2 aromatic carbocycles. The molecule has 7 nitrogen and oxygen atoms in total. The number of hydrogen-bond donors (Lipinski definition) is 0. The number of ether oxygens (including phenoxy) is 4. The Kier molecular flexibility index (Phi) is 7.42.